The molecule has 2 heterocycles. The molecule has 0 aliphatic carbocycles. The summed E-state index contributed by atoms with van der Waals surface area (Å²) < 4.78 is 5.48. The maximum atomic E-state index is 11.3. The van der Waals surface area contributed by atoms with Crippen molar-refractivity contribution in [3.05, 3.63) is 76.9 Å². The van der Waals surface area contributed by atoms with Gasteiger partial charge in [0.2, 0.25) is 0 Å². The molecule has 0 spiro atoms. The van der Waals surface area contributed by atoms with Gasteiger partial charge in [0.05, 0.1) is 13.2 Å². The van der Waals surface area contributed by atoms with E-state index < -0.39 is 6.61 Å². The zero-order valence-electron chi connectivity index (χ0n) is 21.1. The lowest BCUT2D eigenvalue weighted by molar-refractivity contribution is -0.117. The number of carbonyl (C=O) groups excluding carboxylic acids is 1. The van der Waals surface area contributed by atoms with E-state index in [1.165, 1.54) is 22.8 Å². The number of piperazine rings is 1. The first kappa shape index (κ1) is 25.7. The minimum absolute atomic E-state index is 0.279. The molecule has 2 aromatic rings. The predicted molar refractivity (Wildman–Crippen MR) is 140 cm³/mol. The van der Waals surface area contributed by atoms with Crippen LogP contribution >= 0.6 is 0 Å². The van der Waals surface area contributed by atoms with Crippen molar-refractivity contribution < 1.29 is 14.6 Å². The van der Waals surface area contributed by atoms with Crippen molar-refractivity contribution in [1.82, 2.24) is 14.7 Å². The Balaban J connectivity index is 1.30. The average molecular weight is 478 g/mol. The van der Waals surface area contributed by atoms with Gasteiger partial charge in [-0.3, -0.25) is 19.5 Å². The van der Waals surface area contributed by atoms with Gasteiger partial charge < -0.3 is 9.84 Å². The maximum absolute atomic E-state index is 11.3. The second kappa shape index (κ2) is 12.6. The van der Waals surface area contributed by atoms with Crippen LogP contribution in [0.2, 0.25) is 0 Å². The van der Waals surface area contributed by atoms with Gasteiger partial charge in [0, 0.05) is 57.9 Å². The minimum Gasteiger partial charge on any atom is -0.388 e. The lowest BCUT2D eigenvalue weighted by Crippen LogP contribution is -2.55. The number of aliphatic hydroxyl groups excluding tert-OH is 1. The SMILES string of the molecule is C[C@@H]1CN(Cc2ccc(/C=C/C(=O)CO)cc2)C[C@H](C)N1Cc1cccc(CN2CCOCC2)c1. The number of morpholine rings is 1. The van der Waals surface area contributed by atoms with Crippen LogP contribution in [0.25, 0.3) is 6.08 Å². The summed E-state index contributed by atoms with van der Waals surface area (Å²) in [5, 5.41) is 8.84. The van der Waals surface area contributed by atoms with Crippen molar-refractivity contribution in [2.45, 2.75) is 45.6 Å². The average Bonchev–Trinajstić information content (AvgIpc) is 2.86. The number of hydrogen-bond donors (Lipinski definition) is 1. The molecule has 0 saturated carbocycles. The molecule has 2 atom stereocenters. The van der Waals surface area contributed by atoms with E-state index >= 15 is 0 Å². The molecular weight excluding hydrogens is 438 g/mol. The lowest BCUT2D eigenvalue weighted by atomic mass is 10.0. The Morgan fingerprint density at radius 3 is 2.20 bits per heavy atom. The van der Waals surface area contributed by atoms with E-state index in [1.807, 2.05) is 12.1 Å². The highest BCUT2D eigenvalue weighted by atomic mass is 16.5. The van der Waals surface area contributed by atoms with Gasteiger partial charge in [-0.05, 0) is 42.2 Å². The fourth-order valence-corrected chi connectivity index (χ4v) is 5.20. The molecule has 2 aromatic carbocycles. The minimum atomic E-state index is -0.448. The normalized spacial score (nSPS) is 22.6. The van der Waals surface area contributed by atoms with Crippen molar-refractivity contribution in [1.29, 1.82) is 0 Å². The summed E-state index contributed by atoms with van der Waals surface area (Å²) in [6, 6.07) is 18.4. The summed E-state index contributed by atoms with van der Waals surface area (Å²) in [7, 11) is 0. The maximum Gasteiger partial charge on any atom is 0.181 e. The van der Waals surface area contributed by atoms with Crippen LogP contribution in [-0.2, 0) is 29.2 Å². The van der Waals surface area contributed by atoms with E-state index in [4.69, 9.17) is 9.84 Å². The third-order valence-corrected chi connectivity index (χ3v) is 7.05. The number of hydrogen-bond acceptors (Lipinski definition) is 6. The van der Waals surface area contributed by atoms with Gasteiger partial charge in [-0.2, -0.15) is 0 Å². The highest BCUT2D eigenvalue weighted by molar-refractivity contribution is 5.94. The third-order valence-electron chi connectivity index (χ3n) is 7.05. The zero-order chi connectivity index (χ0) is 24.6. The van der Waals surface area contributed by atoms with E-state index in [-0.39, 0.29) is 5.78 Å². The van der Waals surface area contributed by atoms with Crippen LogP contribution in [0.5, 0.6) is 0 Å². The summed E-state index contributed by atoms with van der Waals surface area (Å²) in [5.41, 5.74) is 5.03. The van der Waals surface area contributed by atoms with Crippen molar-refractivity contribution in [2.75, 3.05) is 46.0 Å². The largest absolute Gasteiger partial charge is 0.388 e. The molecule has 0 radical (unpaired) electrons. The Morgan fingerprint density at radius 2 is 1.54 bits per heavy atom. The Kier molecular flexibility index (Phi) is 9.24. The van der Waals surface area contributed by atoms with Gasteiger partial charge in [0.1, 0.15) is 6.61 Å². The standard InChI is InChI=1S/C29H39N3O3/c1-23-17-31(19-26-8-6-25(7-9-26)10-11-29(34)22-33)18-24(2)32(23)21-28-5-3-4-27(16-28)20-30-12-14-35-15-13-30/h3-11,16,23-24,33H,12-15,17-22H2,1-2H3/b11-10+/t23-,24+. The molecule has 1 N–H and O–H groups in total. The summed E-state index contributed by atoms with van der Waals surface area (Å²) in [4.78, 5) is 18.9. The fourth-order valence-electron chi connectivity index (χ4n) is 5.20. The molecule has 6 heteroatoms. The molecule has 0 unspecified atom stereocenters. The van der Waals surface area contributed by atoms with Crippen molar-refractivity contribution in [3.63, 3.8) is 0 Å². The molecule has 6 nitrogen and oxygen atoms in total. The van der Waals surface area contributed by atoms with Gasteiger partial charge in [-0.15, -0.1) is 0 Å². The summed E-state index contributed by atoms with van der Waals surface area (Å²) in [6.45, 7) is 13.0. The summed E-state index contributed by atoms with van der Waals surface area (Å²) >= 11 is 0. The molecule has 35 heavy (non-hydrogen) atoms. The fraction of sp³-hybridized carbons (Fsp3) is 0.483. The monoisotopic (exact) mass is 477 g/mol. The summed E-state index contributed by atoms with van der Waals surface area (Å²) in [5.74, 6) is -0.279. The number of carbonyl (C=O) groups is 1. The van der Waals surface area contributed by atoms with Crippen LogP contribution < -0.4 is 0 Å². The van der Waals surface area contributed by atoms with Gasteiger partial charge in [-0.1, -0.05) is 54.6 Å². The number of aliphatic hydroxyl groups is 1. The number of benzene rings is 2. The number of ketones is 1. The third kappa shape index (κ3) is 7.56. The van der Waals surface area contributed by atoms with Gasteiger partial charge >= 0.3 is 0 Å². The highest BCUT2D eigenvalue weighted by Crippen LogP contribution is 2.22. The Hall–Kier alpha value is -2.35. The van der Waals surface area contributed by atoms with E-state index in [1.54, 1.807) is 6.08 Å². The molecule has 2 fully saturated rings. The van der Waals surface area contributed by atoms with Crippen molar-refractivity contribution >= 4 is 11.9 Å². The van der Waals surface area contributed by atoms with Crippen LogP contribution in [0, 0.1) is 0 Å². The Morgan fingerprint density at radius 1 is 0.914 bits per heavy atom. The molecule has 2 aliphatic heterocycles. The van der Waals surface area contributed by atoms with Gasteiger partial charge in [-0.25, -0.2) is 0 Å². The smallest absolute Gasteiger partial charge is 0.181 e. The number of rotatable bonds is 9. The first-order chi connectivity index (χ1) is 17.0. The van der Waals surface area contributed by atoms with Crippen LogP contribution in [0.1, 0.15) is 36.1 Å². The zero-order valence-corrected chi connectivity index (χ0v) is 21.1. The predicted octanol–water partition coefficient (Wildman–Crippen LogP) is 3.19. The second-order valence-corrected chi connectivity index (χ2v) is 9.97. The quantitative estimate of drug-likeness (QED) is 0.560. The van der Waals surface area contributed by atoms with Crippen molar-refractivity contribution in [2.24, 2.45) is 0 Å². The van der Waals surface area contributed by atoms with E-state index in [2.05, 4.69) is 64.9 Å². The van der Waals surface area contributed by atoms with Crippen LogP contribution in [0.3, 0.4) is 0 Å². The molecule has 0 aromatic heterocycles. The van der Waals surface area contributed by atoms with Crippen LogP contribution in [0.15, 0.2) is 54.6 Å². The van der Waals surface area contributed by atoms with Crippen LogP contribution in [-0.4, -0.2) is 83.7 Å². The lowest BCUT2D eigenvalue weighted by Gasteiger charge is -2.44. The Labute approximate surface area is 209 Å². The van der Waals surface area contributed by atoms with E-state index in [0.717, 1.165) is 64.6 Å². The first-order valence-corrected chi connectivity index (χ1v) is 12.8. The highest BCUT2D eigenvalue weighted by Gasteiger charge is 2.29. The summed E-state index contributed by atoms with van der Waals surface area (Å²) in [6.07, 6.45) is 3.18. The molecule has 0 bridgehead atoms. The molecular formula is C29H39N3O3. The molecule has 4 rings (SSSR count). The van der Waals surface area contributed by atoms with Crippen molar-refractivity contribution in [3.8, 4) is 0 Å². The van der Waals surface area contributed by atoms with Crippen LogP contribution in [0.4, 0.5) is 0 Å². The molecule has 2 aliphatic rings. The Bertz CT molecular complexity index is 973. The number of ether oxygens (including phenoxy) is 1. The second-order valence-electron chi connectivity index (χ2n) is 9.97. The topological polar surface area (TPSA) is 56.3 Å². The van der Waals surface area contributed by atoms with E-state index in [0.29, 0.717) is 12.1 Å². The molecule has 0 amide bonds. The van der Waals surface area contributed by atoms with Gasteiger partial charge in [0.15, 0.2) is 5.78 Å². The molecule has 2 saturated heterocycles. The number of nitrogens with zero attached hydrogens (tertiary/aromatic N) is 3. The molecule has 188 valence electrons. The van der Waals surface area contributed by atoms with Gasteiger partial charge in [0.25, 0.3) is 0 Å². The first-order valence-electron chi connectivity index (χ1n) is 12.8. The van der Waals surface area contributed by atoms with E-state index in [9.17, 15) is 4.79 Å².